The predicted octanol–water partition coefficient (Wildman–Crippen LogP) is 2.53. The Balaban J connectivity index is 2.43. The molecule has 0 aliphatic carbocycles. The molecule has 2 nitrogen and oxygen atoms in total. The van der Waals surface area contributed by atoms with Crippen LogP contribution >= 0.6 is 0 Å². The van der Waals surface area contributed by atoms with E-state index in [-0.39, 0.29) is 0 Å². The van der Waals surface area contributed by atoms with Gasteiger partial charge in [-0.3, -0.25) is 0 Å². The SMILES string of the molecule is Cc1cc2c(cc1C)NCCCN2. The molecular weight excluding hydrogens is 160 g/mol. The monoisotopic (exact) mass is 176 g/mol. The van der Waals surface area contributed by atoms with E-state index in [1.54, 1.807) is 0 Å². The largest absolute Gasteiger partial charge is 0.383 e. The summed E-state index contributed by atoms with van der Waals surface area (Å²) in [6.45, 7) is 6.45. The second-order valence-electron chi connectivity index (χ2n) is 3.69. The first kappa shape index (κ1) is 8.42. The number of anilines is 2. The van der Waals surface area contributed by atoms with Crippen LogP contribution in [-0.2, 0) is 0 Å². The van der Waals surface area contributed by atoms with Crippen LogP contribution in [0.3, 0.4) is 0 Å². The maximum absolute atomic E-state index is 3.43. The van der Waals surface area contributed by atoms with Gasteiger partial charge < -0.3 is 10.6 Å². The number of benzene rings is 1. The summed E-state index contributed by atoms with van der Waals surface area (Å²) in [4.78, 5) is 0. The fraction of sp³-hybridized carbons (Fsp3) is 0.455. The second kappa shape index (κ2) is 3.29. The Kier molecular flexibility index (Phi) is 2.13. The average Bonchev–Trinajstić information content (AvgIpc) is 2.31. The summed E-state index contributed by atoms with van der Waals surface area (Å²) in [5.41, 5.74) is 5.21. The molecule has 1 aromatic rings. The maximum atomic E-state index is 3.43. The molecule has 2 rings (SSSR count). The van der Waals surface area contributed by atoms with Gasteiger partial charge >= 0.3 is 0 Å². The molecule has 0 amide bonds. The van der Waals surface area contributed by atoms with Crippen molar-refractivity contribution in [3.8, 4) is 0 Å². The maximum Gasteiger partial charge on any atom is 0.0578 e. The molecule has 0 saturated heterocycles. The molecular formula is C11H16N2. The van der Waals surface area contributed by atoms with Crippen molar-refractivity contribution in [2.75, 3.05) is 23.7 Å². The zero-order chi connectivity index (χ0) is 9.26. The fourth-order valence-corrected chi connectivity index (χ4v) is 1.64. The van der Waals surface area contributed by atoms with Crippen LogP contribution in [0.5, 0.6) is 0 Å². The highest BCUT2D eigenvalue weighted by molar-refractivity contribution is 5.71. The van der Waals surface area contributed by atoms with E-state index in [1.807, 2.05) is 0 Å². The number of fused-ring (bicyclic) bond motifs is 1. The van der Waals surface area contributed by atoms with E-state index in [0.717, 1.165) is 13.1 Å². The number of nitrogens with one attached hydrogen (secondary N) is 2. The summed E-state index contributed by atoms with van der Waals surface area (Å²) < 4.78 is 0. The molecule has 0 bridgehead atoms. The highest BCUT2D eigenvalue weighted by atomic mass is 15.0. The molecule has 1 aromatic carbocycles. The third kappa shape index (κ3) is 1.62. The van der Waals surface area contributed by atoms with Gasteiger partial charge in [0.1, 0.15) is 0 Å². The van der Waals surface area contributed by atoms with Crippen LogP contribution in [-0.4, -0.2) is 13.1 Å². The lowest BCUT2D eigenvalue weighted by Gasteiger charge is -2.11. The summed E-state index contributed by atoms with van der Waals surface area (Å²) in [6, 6.07) is 4.45. The van der Waals surface area contributed by atoms with Crippen molar-refractivity contribution >= 4 is 11.4 Å². The Hall–Kier alpha value is -1.18. The third-order valence-corrected chi connectivity index (χ3v) is 2.62. The van der Waals surface area contributed by atoms with E-state index in [9.17, 15) is 0 Å². The molecule has 0 aromatic heterocycles. The number of rotatable bonds is 0. The summed E-state index contributed by atoms with van der Waals surface area (Å²) in [5, 5.41) is 6.86. The molecule has 0 fully saturated rings. The Morgan fingerprint density at radius 2 is 1.38 bits per heavy atom. The van der Waals surface area contributed by atoms with E-state index in [1.165, 1.54) is 28.9 Å². The molecule has 2 heteroatoms. The molecule has 0 saturated carbocycles. The summed E-state index contributed by atoms with van der Waals surface area (Å²) >= 11 is 0. The van der Waals surface area contributed by atoms with Crippen LogP contribution in [0.1, 0.15) is 17.5 Å². The summed E-state index contributed by atoms with van der Waals surface area (Å²) in [5.74, 6) is 0. The van der Waals surface area contributed by atoms with Crippen LogP contribution in [0.4, 0.5) is 11.4 Å². The average molecular weight is 176 g/mol. The lowest BCUT2D eigenvalue weighted by Crippen LogP contribution is -2.01. The molecule has 0 spiro atoms. The van der Waals surface area contributed by atoms with Gasteiger partial charge in [-0.05, 0) is 43.5 Å². The molecule has 70 valence electrons. The fourth-order valence-electron chi connectivity index (χ4n) is 1.64. The smallest absolute Gasteiger partial charge is 0.0578 e. The van der Waals surface area contributed by atoms with Crippen molar-refractivity contribution in [1.82, 2.24) is 0 Å². The predicted molar refractivity (Wildman–Crippen MR) is 57.5 cm³/mol. The highest BCUT2D eigenvalue weighted by Crippen LogP contribution is 2.27. The number of aryl methyl sites for hydroxylation is 2. The quantitative estimate of drug-likeness (QED) is 0.634. The van der Waals surface area contributed by atoms with Crippen LogP contribution in [0.15, 0.2) is 12.1 Å². The van der Waals surface area contributed by atoms with Crippen LogP contribution in [0.2, 0.25) is 0 Å². The normalized spacial score (nSPS) is 15.2. The topological polar surface area (TPSA) is 24.1 Å². The zero-order valence-corrected chi connectivity index (χ0v) is 8.28. The van der Waals surface area contributed by atoms with Crippen molar-refractivity contribution < 1.29 is 0 Å². The molecule has 1 aliphatic heterocycles. The van der Waals surface area contributed by atoms with Crippen molar-refractivity contribution in [3.05, 3.63) is 23.3 Å². The first-order chi connectivity index (χ1) is 6.27. The zero-order valence-electron chi connectivity index (χ0n) is 8.28. The first-order valence-electron chi connectivity index (χ1n) is 4.86. The Morgan fingerprint density at radius 1 is 0.923 bits per heavy atom. The van der Waals surface area contributed by atoms with Gasteiger partial charge in [-0.25, -0.2) is 0 Å². The molecule has 1 aliphatic rings. The molecule has 1 heterocycles. The van der Waals surface area contributed by atoms with Gasteiger partial charge in [0.15, 0.2) is 0 Å². The first-order valence-corrected chi connectivity index (χ1v) is 4.86. The van der Waals surface area contributed by atoms with E-state index < -0.39 is 0 Å². The number of hydrogen-bond donors (Lipinski definition) is 2. The van der Waals surface area contributed by atoms with Crippen molar-refractivity contribution in [2.45, 2.75) is 20.3 Å². The molecule has 0 unspecified atom stereocenters. The second-order valence-corrected chi connectivity index (χ2v) is 3.69. The standard InChI is InChI=1S/C11H16N2/c1-8-6-10-11(7-9(8)2)13-5-3-4-12-10/h6-7,12-13H,3-5H2,1-2H3. The Morgan fingerprint density at radius 3 is 1.85 bits per heavy atom. The van der Waals surface area contributed by atoms with Gasteiger partial charge in [0.05, 0.1) is 11.4 Å². The van der Waals surface area contributed by atoms with Crippen LogP contribution in [0.25, 0.3) is 0 Å². The Labute approximate surface area is 79.4 Å². The van der Waals surface area contributed by atoms with Gasteiger partial charge in [0, 0.05) is 13.1 Å². The van der Waals surface area contributed by atoms with Gasteiger partial charge in [0.25, 0.3) is 0 Å². The minimum absolute atomic E-state index is 1.07. The summed E-state index contributed by atoms with van der Waals surface area (Å²) in [6.07, 6.45) is 1.19. The van der Waals surface area contributed by atoms with Gasteiger partial charge in [-0.1, -0.05) is 0 Å². The van der Waals surface area contributed by atoms with E-state index in [4.69, 9.17) is 0 Å². The minimum Gasteiger partial charge on any atom is -0.383 e. The van der Waals surface area contributed by atoms with E-state index in [2.05, 4.69) is 36.6 Å². The van der Waals surface area contributed by atoms with Crippen LogP contribution < -0.4 is 10.6 Å². The van der Waals surface area contributed by atoms with Gasteiger partial charge in [-0.15, -0.1) is 0 Å². The van der Waals surface area contributed by atoms with Crippen molar-refractivity contribution in [1.29, 1.82) is 0 Å². The molecule has 0 atom stereocenters. The highest BCUT2D eigenvalue weighted by Gasteiger charge is 2.07. The van der Waals surface area contributed by atoms with Gasteiger partial charge in [-0.2, -0.15) is 0 Å². The molecule has 0 radical (unpaired) electrons. The lowest BCUT2D eigenvalue weighted by atomic mass is 10.1. The van der Waals surface area contributed by atoms with Crippen LogP contribution in [0, 0.1) is 13.8 Å². The van der Waals surface area contributed by atoms with Gasteiger partial charge in [0.2, 0.25) is 0 Å². The van der Waals surface area contributed by atoms with E-state index in [0.29, 0.717) is 0 Å². The Bertz CT molecular complexity index is 287. The number of hydrogen-bond acceptors (Lipinski definition) is 2. The lowest BCUT2D eigenvalue weighted by molar-refractivity contribution is 0.928. The third-order valence-electron chi connectivity index (χ3n) is 2.62. The van der Waals surface area contributed by atoms with Crippen molar-refractivity contribution in [2.24, 2.45) is 0 Å². The molecule has 2 N–H and O–H groups in total. The minimum atomic E-state index is 1.07. The molecule has 13 heavy (non-hydrogen) atoms. The van der Waals surface area contributed by atoms with E-state index >= 15 is 0 Å². The summed E-state index contributed by atoms with van der Waals surface area (Å²) in [7, 11) is 0. The van der Waals surface area contributed by atoms with Crippen molar-refractivity contribution in [3.63, 3.8) is 0 Å².